The molecule has 0 amide bonds. The maximum atomic E-state index is 12.6. The molecule has 0 unspecified atom stereocenters. The van der Waals surface area contributed by atoms with Crippen LogP contribution in [-0.4, -0.2) is 55.8 Å². The minimum absolute atomic E-state index is 0.301. The summed E-state index contributed by atoms with van der Waals surface area (Å²) in [5.41, 5.74) is 0. The molecule has 0 spiro atoms. The van der Waals surface area contributed by atoms with Crippen LogP contribution in [-0.2, 0) is 10.2 Å². The molecule has 0 aromatic heterocycles. The molecule has 3 rings (SSSR count). The Labute approximate surface area is 103 Å². The van der Waals surface area contributed by atoms with Gasteiger partial charge in [0.15, 0.2) is 0 Å². The first kappa shape index (κ1) is 11.9. The minimum Gasteiger partial charge on any atom is -0.314 e. The predicted octanol–water partition coefficient (Wildman–Crippen LogP) is 0.0108. The van der Waals surface area contributed by atoms with E-state index >= 15 is 0 Å². The van der Waals surface area contributed by atoms with E-state index in [0.29, 0.717) is 25.0 Å². The summed E-state index contributed by atoms with van der Waals surface area (Å²) >= 11 is 0. The highest BCUT2D eigenvalue weighted by Gasteiger charge is 2.43. The van der Waals surface area contributed by atoms with Crippen LogP contribution in [0, 0.1) is 5.92 Å². The van der Waals surface area contributed by atoms with Gasteiger partial charge in [0.1, 0.15) is 0 Å². The fourth-order valence-electron chi connectivity index (χ4n) is 2.37. The van der Waals surface area contributed by atoms with Crippen LogP contribution in [0.3, 0.4) is 0 Å². The Morgan fingerprint density at radius 1 is 1.12 bits per heavy atom. The monoisotopic (exact) mass is 259 g/mol. The van der Waals surface area contributed by atoms with Crippen molar-refractivity contribution in [1.29, 1.82) is 0 Å². The molecule has 98 valence electrons. The lowest BCUT2D eigenvalue weighted by molar-refractivity contribution is 0.302. The molecule has 0 bridgehead atoms. The van der Waals surface area contributed by atoms with Crippen molar-refractivity contribution in [3.63, 3.8) is 0 Å². The third-order valence-electron chi connectivity index (χ3n) is 3.79. The standard InChI is InChI=1S/C11H21N3O2S/c15-17(16,13-7-5-12-6-8-13)14(11-3-4-11)9-10-1-2-10/h10-12H,1-9H2. The van der Waals surface area contributed by atoms with Crippen molar-refractivity contribution in [3.05, 3.63) is 0 Å². The zero-order chi connectivity index (χ0) is 11.9. The van der Waals surface area contributed by atoms with Crippen LogP contribution >= 0.6 is 0 Å². The molecular weight excluding hydrogens is 238 g/mol. The summed E-state index contributed by atoms with van der Waals surface area (Å²) in [5, 5.41) is 3.20. The molecular formula is C11H21N3O2S. The lowest BCUT2D eigenvalue weighted by atomic mass is 10.4. The Morgan fingerprint density at radius 2 is 1.76 bits per heavy atom. The van der Waals surface area contributed by atoms with Crippen molar-refractivity contribution < 1.29 is 8.42 Å². The molecule has 0 atom stereocenters. The lowest BCUT2D eigenvalue weighted by Gasteiger charge is -2.32. The Balaban J connectivity index is 1.72. The molecule has 2 saturated carbocycles. The average Bonchev–Trinajstić information content (AvgIpc) is 3.19. The summed E-state index contributed by atoms with van der Waals surface area (Å²) < 4.78 is 28.6. The maximum absolute atomic E-state index is 12.6. The Kier molecular flexibility index (Phi) is 3.15. The summed E-state index contributed by atoms with van der Waals surface area (Å²) in [5.74, 6) is 0.633. The third-order valence-corrected chi connectivity index (χ3v) is 5.85. The van der Waals surface area contributed by atoms with Crippen molar-refractivity contribution in [1.82, 2.24) is 13.9 Å². The van der Waals surface area contributed by atoms with Crippen LogP contribution in [0.1, 0.15) is 25.7 Å². The van der Waals surface area contributed by atoms with Gasteiger partial charge in [-0.15, -0.1) is 0 Å². The molecule has 1 heterocycles. The van der Waals surface area contributed by atoms with Gasteiger partial charge in [0, 0.05) is 38.8 Å². The molecule has 3 aliphatic rings. The van der Waals surface area contributed by atoms with E-state index in [2.05, 4.69) is 5.32 Å². The molecule has 0 aromatic rings. The van der Waals surface area contributed by atoms with Gasteiger partial charge in [0.2, 0.25) is 0 Å². The molecule has 3 fully saturated rings. The summed E-state index contributed by atoms with van der Waals surface area (Å²) in [6, 6.07) is 0.301. The number of rotatable bonds is 5. The number of hydrogen-bond acceptors (Lipinski definition) is 3. The summed E-state index contributed by atoms with van der Waals surface area (Å²) in [4.78, 5) is 0. The van der Waals surface area contributed by atoms with Gasteiger partial charge in [0.25, 0.3) is 10.2 Å². The first-order chi connectivity index (χ1) is 8.18. The lowest BCUT2D eigenvalue weighted by Crippen LogP contribution is -2.52. The summed E-state index contributed by atoms with van der Waals surface area (Å²) in [6.07, 6.45) is 4.52. The highest BCUT2D eigenvalue weighted by Crippen LogP contribution is 2.37. The van der Waals surface area contributed by atoms with Crippen LogP contribution in [0.15, 0.2) is 0 Å². The zero-order valence-electron chi connectivity index (χ0n) is 10.1. The van der Waals surface area contributed by atoms with Gasteiger partial charge in [-0.05, 0) is 31.6 Å². The van der Waals surface area contributed by atoms with Gasteiger partial charge in [-0.25, -0.2) is 0 Å². The van der Waals surface area contributed by atoms with Crippen molar-refractivity contribution in [2.24, 2.45) is 5.92 Å². The first-order valence-corrected chi connectivity index (χ1v) is 8.05. The van der Waals surface area contributed by atoms with E-state index in [0.717, 1.165) is 32.5 Å². The van der Waals surface area contributed by atoms with Gasteiger partial charge in [-0.1, -0.05) is 0 Å². The van der Waals surface area contributed by atoms with Gasteiger partial charge >= 0.3 is 0 Å². The van der Waals surface area contributed by atoms with Crippen LogP contribution in [0.25, 0.3) is 0 Å². The minimum atomic E-state index is -3.19. The maximum Gasteiger partial charge on any atom is 0.282 e. The molecule has 1 saturated heterocycles. The van der Waals surface area contributed by atoms with E-state index < -0.39 is 10.2 Å². The van der Waals surface area contributed by atoms with Crippen molar-refractivity contribution in [2.75, 3.05) is 32.7 Å². The number of hydrogen-bond donors (Lipinski definition) is 1. The van der Waals surface area contributed by atoms with Crippen LogP contribution in [0.5, 0.6) is 0 Å². The number of piperazine rings is 1. The SMILES string of the molecule is O=S(=O)(N1CCNCC1)N(CC1CC1)C1CC1. The quantitative estimate of drug-likeness (QED) is 0.757. The Morgan fingerprint density at radius 3 is 2.29 bits per heavy atom. The highest BCUT2D eigenvalue weighted by atomic mass is 32.2. The Bertz CT molecular complexity index is 370. The largest absolute Gasteiger partial charge is 0.314 e. The second-order valence-electron chi connectivity index (χ2n) is 5.40. The van der Waals surface area contributed by atoms with Crippen LogP contribution in [0.4, 0.5) is 0 Å². The topological polar surface area (TPSA) is 52.7 Å². The molecule has 2 aliphatic carbocycles. The smallest absolute Gasteiger partial charge is 0.282 e. The van der Waals surface area contributed by atoms with E-state index in [1.165, 1.54) is 12.8 Å². The van der Waals surface area contributed by atoms with E-state index in [9.17, 15) is 8.42 Å². The van der Waals surface area contributed by atoms with Crippen LogP contribution < -0.4 is 5.32 Å². The highest BCUT2D eigenvalue weighted by molar-refractivity contribution is 7.86. The molecule has 1 aliphatic heterocycles. The normalized spacial score (nSPS) is 27.6. The predicted molar refractivity (Wildman–Crippen MR) is 65.8 cm³/mol. The molecule has 6 heteroatoms. The molecule has 5 nitrogen and oxygen atoms in total. The number of nitrogens with zero attached hydrogens (tertiary/aromatic N) is 2. The van der Waals surface area contributed by atoms with Crippen molar-refractivity contribution in [3.8, 4) is 0 Å². The second kappa shape index (κ2) is 4.50. The van der Waals surface area contributed by atoms with Gasteiger partial charge in [-0.2, -0.15) is 17.0 Å². The summed E-state index contributed by atoms with van der Waals surface area (Å²) in [6.45, 7) is 3.56. The fourth-order valence-corrected chi connectivity index (χ4v) is 4.30. The molecule has 0 radical (unpaired) electrons. The Hall–Kier alpha value is -0.170. The summed E-state index contributed by atoms with van der Waals surface area (Å²) in [7, 11) is -3.19. The molecule has 0 aromatic carbocycles. The van der Waals surface area contributed by atoms with E-state index in [1.54, 1.807) is 8.61 Å². The van der Waals surface area contributed by atoms with Gasteiger partial charge in [-0.3, -0.25) is 0 Å². The molecule has 17 heavy (non-hydrogen) atoms. The first-order valence-electron chi connectivity index (χ1n) is 6.65. The average molecular weight is 259 g/mol. The van der Waals surface area contributed by atoms with E-state index in [-0.39, 0.29) is 0 Å². The van der Waals surface area contributed by atoms with Crippen molar-refractivity contribution >= 4 is 10.2 Å². The van der Waals surface area contributed by atoms with E-state index in [1.807, 2.05) is 0 Å². The van der Waals surface area contributed by atoms with E-state index in [4.69, 9.17) is 0 Å². The fraction of sp³-hybridized carbons (Fsp3) is 1.00. The number of nitrogens with one attached hydrogen (secondary N) is 1. The van der Waals surface area contributed by atoms with Crippen molar-refractivity contribution in [2.45, 2.75) is 31.7 Å². The van der Waals surface area contributed by atoms with Gasteiger partial charge in [0.05, 0.1) is 0 Å². The third kappa shape index (κ3) is 2.65. The second-order valence-corrected chi connectivity index (χ2v) is 7.28. The van der Waals surface area contributed by atoms with Gasteiger partial charge < -0.3 is 5.32 Å². The van der Waals surface area contributed by atoms with Crippen LogP contribution in [0.2, 0.25) is 0 Å². The zero-order valence-corrected chi connectivity index (χ0v) is 11.0. The molecule has 1 N–H and O–H groups in total.